The molecule has 10 atom stereocenters. The first kappa shape index (κ1) is 39.1. The molecule has 0 spiro atoms. The van der Waals surface area contributed by atoms with E-state index in [-0.39, 0.29) is 18.9 Å². The third-order valence-electron chi connectivity index (χ3n) is 7.49. The van der Waals surface area contributed by atoms with E-state index in [0.29, 0.717) is 39.0 Å². The van der Waals surface area contributed by atoms with Crippen LogP contribution in [0.3, 0.4) is 0 Å². The van der Waals surface area contributed by atoms with Crippen LogP contribution in [0.25, 0.3) is 0 Å². The summed E-state index contributed by atoms with van der Waals surface area (Å²) in [6, 6.07) is -1.97. The number of amides is 3. The van der Waals surface area contributed by atoms with E-state index < -0.39 is 86.3 Å². The van der Waals surface area contributed by atoms with E-state index in [1.165, 1.54) is 13.8 Å². The molecule has 0 saturated carbocycles. The average molecular weight is 653 g/mol. The number of carbonyl (C=O) groups is 3. The Labute approximate surface area is 262 Å². The summed E-state index contributed by atoms with van der Waals surface area (Å²) >= 11 is 0. The van der Waals surface area contributed by atoms with Gasteiger partial charge in [0.05, 0.1) is 13.2 Å². The number of aliphatic hydroxyl groups excluding tert-OH is 6. The highest BCUT2D eigenvalue weighted by Crippen LogP contribution is 2.23. The molecule has 3 amide bonds. The van der Waals surface area contributed by atoms with Crippen LogP contribution in [0.15, 0.2) is 0 Å². The number of ether oxygens (including phenoxy) is 4. The molecule has 2 fully saturated rings. The van der Waals surface area contributed by atoms with Gasteiger partial charge in [0.1, 0.15) is 48.7 Å². The maximum atomic E-state index is 12.1. The smallest absolute Gasteiger partial charge is 0.220 e. The van der Waals surface area contributed by atoms with Crippen molar-refractivity contribution in [2.24, 2.45) is 0 Å². The number of hydrogen-bond acceptors (Lipinski definition) is 14. The summed E-state index contributed by atoms with van der Waals surface area (Å²) < 4.78 is 22.3. The first-order chi connectivity index (χ1) is 21.5. The van der Waals surface area contributed by atoms with Crippen molar-refractivity contribution in [1.82, 2.24) is 21.3 Å². The summed E-state index contributed by atoms with van der Waals surface area (Å²) in [6.07, 6.45) is -5.91. The van der Waals surface area contributed by atoms with Crippen molar-refractivity contribution in [3.63, 3.8) is 0 Å². The molecule has 17 nitrogen and oxygen atoms in total. The molecule has 0 aliphatic carbocycles. The number of unbranched alkanes of at least 4 members (excludes halogenated alkanes) is 3. The Kier molecular flexibility index (Phi) is 18.2. The van der Waals surface area contributed by atoms with Crippen LogP contribution in [-0.4, -0.2) is 156 Å². The van der Waals surface area contributed by atoms with Crippen LogP contribution in [0.1, 0.15) is 52.4 Å². The lowest BCUT2D eigenvalue weighted by Crippen LogP contribution is -2.64. The van der Waals surface area contributed by atoms with Crippen molar-refractivity contribution < 1.29 is 64.0 Å². The molecule has 0 aromatic carbocycles. The molecule has 0 aromatic heterocycles. The minimum Gasteiger partial charge on any atom is -0.394 e. The third-order valence-corrected chi connectivity index (χ3v) is 7.49. The predicted molar refractivity (Wildman–Crippen MR) is 156 cm³/mol. The Hall–Kier alpha value is -2.03. The van der Waals surface area contributed by atoms with Crippen molar-refractivity contribution in [3.05, 3.63) is 0 Å². The fourth-order valence-electron chi connectivity index (χ4n) is 5.04. The molecular formula is C28H52N4O13. The van der Waals surface area contributed by atoms with Gasteiger partial charge in [0.2, 0.25) is 17.7 Å². The molecule has 6 unspecified atom stereocenters. The first-order valence-electron chi connectivity index (χ1n) is 15.5. The second kappa shape index (κ2) is 21.0. The highest BCUT2D eigenvalue weighted by atomic mass is 16.7. The predicted octanol–water partition coefficient (Wildman–Crippen LogP) is -4.05. The maximum absolute atomic E-state index is 12.1. The van der Waals surface area contributed by atoms with Crippen LogP contribution in [0.2, 0.25) is 0 Å². The van der Waals surface area contributed by atoms with Gasteiger partial charge in [-0.05, 0) is 38.6 Å². The largest absolute Gasteiger partial charge is 0.394 e. The van der Waals surface area contributed by atoms with E-state index in [1.807, 2.05) is 0 Å². The molecule has 17 heteroatoms. The third kappa shape index (κ3) is 13.3. The number of hydrogen-bond donors (Lipinski definition) is 10. The van der Waals surface area contributed by atoms with Gasteiger partial charge in [-0.25, -0.2) is 0 Å². The SMILES string of the molecule is CC(=O)NC1C(O)[C@@H](O)C(CO)O[C@H]1OCCCCCNCCNC(=O)CCCCO[C@@H]1OC(CO)[C@H](O)C(O)C1NC(C)=O. The van der Waals surface area contributed by atoms with Crippen LogP contribution in [-0.2, 0) is 33.3 Å². The maximum Gasteiger partial charge on any atom is 0.220 e. The molecule has 2 heterocycles. The van der Waals surface area contributed by atoms with E-state index in [1.54, 1.807) is 0 Å². The highest BCUT2D eigenvalue weighted by molar-refractivity contribution is 5.75. The van der Waals surface area contributed by atoms with E-state index >= 15 is 0 Å². The van der Waals surface area contributed by atoms with Crippen molar-refractivity contribution >= 4 is 17.7 Å². The molecule has 10 N–H and O–H groups in total. The summed E-state index contributed by atoms with van der Waals surface area (Å²) in [5.74, 6) is -0.958. The van der Waals surface area contributed by atoms with Gasteiger partial charge in [0.15, 0.2) is 12.6 Å². The fraction of sp³-hybridized carbons (Fsp3) is 0.893. The summed E-state index contributed by atoms with van der Waals surface area (Å²) in [5, 5.41) is 70.5. The molecule has 45 heavy (non-hydrogen) atoms. The van der Waals surface area contributed by atoms with Crippen molar-refractivity contribution in [3.8, 4) is 0 Å². The monoisotopic (exact) mass is 652 g/mol. The fourth-order valence-corrected chi connectivity index (χ4v) is 5.04. The molecule has 2 saturated heterocycles. The Morgan fingerprint density at radius 3 is 1.60 bits per heavy atom. The number of nitrogens with one attached hydrogen (secondary N) is 4. The zero-order valence-electron chi connectivity index (χ0n) is 26.0. The Morgan fingerprint density at radius 2 is 1.13 bits per heavy atom. The average Bonchev–Trinajstić information content (AvgIpc) is 3.00. The molecule has 0 aromatic rings. The van der Waals surface area contributed by atoms with Gasteiger partial charge in [0.25, 0.3) is 0 Å². The molecule has 262 valence electrons. The van der Waals surface area contributed by atoms with Gasteiger partial charge in [-0.1, -0.05) is 0 Å². The summed E-state index contributed by atoms with van der Waals surface area (Å²) in [6.45, 7) is 3.76. The summed E-state index contributed by atoms with van der Waals surface area (Å²) in [5.41, 5.74) is 0. The molecule has 2 aliphatic heterocycles. The van der Waals surface area contributed by atoms with Crippen LogP contribution in [0.5, 0.6) is 0 Å². The molecule has 2 rings (SSSR count). The van der Waals surface area contributed by atoms with Crippen LogP contribution >= 0.6 is 0 Å². The van der Waals surface area contributed by atoms with Crippen molar-refractivity contribution in [2.75, 3.05) is 46.1 Å². The van der Waals surface area contributed by atoms with Gasteiger partial charge in [-0.2, -0.15) is 0 Å². The van der Waals surface area contributed by atoms with Gasteiger partial charge in [-0.15, -0.1) is 0 Å². The van der Waals surface area contributed by atoms with Gasteiger partial charge in [-0.3, -0.25) is 14.4 Å². The number of rotatable bonds is 20. The second-order valence-corrected chi connectivity index (χ2v) is 11.2. The lowest BCUT2D eigenvalue weighted by molar-refractivity contribution is -0.270. The second-order valence-electron chi connectivity index (χ2n) is 11.2. The topological polar surface area (TPSA) is 258 Å². The lowest BCUT2D eigenvalue weighted by Gasteiger charge is -2.42. The Bertz CT molecular complexity index is 887. The van der Waals surface area contributed by atoms with Crippen LogP contribution in [0, 0.1) is 0 Å². The Morgan fingerprint density at radius 1 is 0.644 bits per heavy atom. The van der Waals surface area contributed by atoms with Crippen LogP contribution in [0.4, 0.5) is 0 Å². The zero-order valence-corrected chi connectivity index (χ0v) is 26.0. The van der Waals surface area contributed by atoms with Gasteiger partial charge >= 0.3 is 0 Å². The first-order valence-corrected chi connectivity index (χ1v) is 15.5. The summed E-state index contributed by atoms with van der Waals surface area (Å²) in [7, 11) is 0. The zero-order chi connectivity index (χ0) is 33.4. The normalized spacial score (nSPS) is 31.7. The molecule has 0 radical (unpaired) electrons. The number of aliphatic hydroxyl groups is 6. The number of carbonyl (C=O) groups excluding carboxylic acids is 3. The summed E-state index contributed by atoms with van der Waals surface area (Å²) in [4.78, 5) is 35.1. The van der Waals surface area contributed by atoms with Gasteiger partial charge < -0.3 is 70.9 Å². The van der Waals surface area contributed by atoms with Crippen molar-refractivity contribution in [1.29, 1.82) is 0 Å². The minimum atomic E-state index is -1.38. The molecule has 0 bridgehead atoms. The van der Waals surface area contributed by atoms with Crippen molar-refractivity contribution in [2.45, 2.75) is 114 Å². The minimum absolute atomic E-state index is 0.110. The highest BCUT2D eigenvalue weighted by Gasteiger charge is 2.46. The van der Waals surface area contributed by atoms with E-state index in [9.17, 15) is 45.0 Å². The standard InChI is InChI=1S/C28H52N4O13/c1-16(35)31-21-25(40)23(38)18(14-33)44-27(21)42-12-6-3-5-9-29-10-11-30-20(37)8-4-7-13-43-28-22(32-17(2)36)26(41)24(39)19(15-34)45-28/h18-19,21-29,33-34,38-41H,3-15H2,1-2H3,(H,30,37)(H,31,35)(H,32,36)/t18?,19?,21?,22?,23-,24-,25?,26?,27+,28+/m0/s1. The van der Waals surface area contributed by atoms with Gasteiger partial charge in [0, 0.05) is 46.6 Å². The molecule has 2 aliphatic rings. The Balaban J connectivity index is 1.51. The molecular weight excluding hydrogens is 600 g/mol. The lowest BCUT2D eigenvalue weighted by atomic mass is 9.97. The van der Waals surface area contributed by atoms with E-state index in [2.05, 4.69) is 21.3 Å². The van der Waals surface area contributed by atoms with E-state index in [0.717, 1.165) is 19.4 Å². The van der Waals surface area contributed by atoms with Crippen LogP contribution < -0.4 is 21.3 Å². The quantitative estimate of drug-likeness (QED) is 0.0562. The van der Waals surface area contributed by atoms with E-state index in [4.69, 9.17) is 18.9 Å².